The van der Waals surface area contributed by atoms with Crippen LogP contribution in [-0.4, -0.2) is 31.2 Å². The highest BCUT2D eigenvalue weighted by atomic mass is 19.1. The summed E-state index contributed by atoms with van der Waals surface area (Å²) in [5.74, 6) is 0.319. The van der Waals surface area contributed by atoms with E-state index in [0.717, 1.165) is 26.1 Å². The van der Waals surface area contributed by atoms with Crippen LogP contribution < -0.4 is 0 Å². The molecule has 0 radical (unpaired) electrons. The lowest BCUT2D eigenvalue weighted by Gasteiger charge is -2.40. The molecule has 0 bridgehead atoms. The highest BCUT2D eigenvalue weighted by Crippen LogP contribution is 2.32. The van der Waals surface area contributed by atoms with Crippen LogP contribution in [0.2, 0.25) is 0 Å². The van der Waals surface area contributed by atoms with Crippen molar-refractivity contribution in [3.05, 3.63) is 24.3 Å². The summed E-state index contributed by atoms with van der Waals surface area (Å²) >= 11 is 0. The summed E-state index contributed by atoms with van der Waals surface area (Å²) in [6.07, 6.45) is 11.1. The van der Waals surface area contributed by atoms with Gasteiger partial charge in [0.05, 0.1) is 6.67 Å². The Balaban J connectivity index is 1.70. The monoisotopic (exact) mass is 209 g/mol. The summed E-state index contributed by atoms with van der Waals surface area (Å²) in [6, 6.07) is 0. The molecule has 0 amide bonds. The number of hydrogen-bond acceptors (Lipinski definition) is 1. The van der Waals surface area contributed by atoms with E-state index in [1.807, 2.05) is 0 Å². The molecule has 1 unspecified atom stereocenters. The third kappa shape index (κ3) is 2.69. The molecule has 1 fully saturated rings. The van der Waals surface area contributed by atoms with Crippen molar-refractivity contribution >= 4 is 0 Å². The summed E-state index contributed by atoms with van der Waals surface area (Å²) in [5, 5.41) is 0. The molecular weight excluding hydrogens is 189 g/mol. The van der Waals surface area contributed by atoms with Gasteiger partial charge in [-0.05, 0) is 24.8 Å². The first-order chi connectivity index (χ1) is 7.22. The largest absolute Gasteiger partial charge is 0.302 e. The first-order valence-corrected chi connectivity index (χ1v) is 5.84. The van der Waals surface area contributed by atoms with E-state index >= 15 is 0 Å². The zero-order valence-corrected chi connectivity index (χ0v) is 9.45. The first kappa shape index (κ1) is 10.9. The Kier molecular flexibility index (Phi) is 3.25. The maximum atomic E-state index is 12.2. The molecule has 0 aromatic rings. The Morgan fingerprint density at radius 1 is 1.40 bits per heavy atom. The van der Waals surface area contributed by atoms with Gasteiger partial charge in [-0.25, -0.2) is 0 Å². The molecule has 15 heavy (non-hydrogen) atoms. The van der Waals surface area contributed by atoms with Gasteiger partial charge in [0.2, 0.25) is 0 Å². The van der Waals surface area contributed by atoms with Gasteiger partial charge < -0.3 is 4.90 Å². The van der Waals surface area contributed by atoms with Crippen molar-refractivity contribution in [2.45, 2.75) is 19.8 Å². The molecule has 2 rings (SSSR count). The molecule has 0 aromatic carbocycles. The third-order valence-electron chi connectivity index (χ3n) is 3.58. The molecule has 0 N–H and O–H groups in total. The maximum Gasteiger partial charge on any atom is 0.0947 e. The second kappa shape index (κ2) is 4.48. The number of likely N-dealkylation sites (tertiary alicyclic amines) is 1. The number of alkyl halides is 1. The second-order valence-electron chi connectivity index (χ2n) is 5.18. The first-order valence-electron chi connectivity index (χ1n) is 5.84. The normalized spacial score (nSPS) is 31.9. The topological polar surface area (TPSA) is 3.24 Å². The van der Waals surface area contributed by atoms with Crippen molar-refractivity contribution in [3.63, 3.8) is 0 Å². The van der Waals surface area contributed by atoms with Gasteiger partial charge >= 0.3 is 0 Å². The molecule has 1 atom stereocenters. The Hall–Kier alpha value is -0.630. The van der Waals surface area contributed by atoms with Crippen LogP contribution in [0.3, 0.4) is 0 Å². The number of rotatable bonds is 4. The van der Waals surface area contributed by atoms with Crippen molar-refractivity contribution in [2.75, 3.05) is 26.3 Å². The molecule has 1 saturated heterocycles. The van der Waals surface area contributed by atoms with Crippen LogP contribution in [0.1, 0.15) is 19.8 Å². The van der Waals surface area contributed by atoms with E-state index in [4.69, 9.17) is 0 Å². The minimum Gasteiger partial charge on any atom is -0.302 e. The molecule has 1 aliphatic carbocycles. The molecule has 2 heteroatoms. The molecule has 1 heterocycles. The predicted molar refractivity (Wildman–Crippen MR) is 61.5 cm³/mol. The Morgan fingerprint density at radius 3 is 2.80 bits per heavy atom. The van der Waals surface area contributed by atoms with E-state index in [2.05, 4.69) is 36.1 Å². The predicted octanol–water partition coefficient (Wildman–Crippen LogP) is 2.80. The zero-order chi connectivity index (χ0) is 10.7. The highest BCUT2D eigenvalue weighted by Gasteiger charge is 2.28. The van der Waals surface area contributed by atoms with Crippen LogP contribution in [0.4, 0.5) is 4.39 Å². The minimum absolute atomic E-state index is 0.142. The molecule has 0 aromatic heterocycles. The van der Waals surface area contributed by atoms with Crippen molar-refractivity contribution < 1.29 is 4.39 Å². The van der Waals surface area contributed by atoms with Crippen molar-refractivity contribution in [2.24, 2.45) is 11.3 Å². The van der Waals surface area contributed by atoms with Gasteiger partial charge in [0, 0.05) is 19.0 Å². The minimum atomic E-state index is -0.142. The SMILES string of the molecule is CC1(CCN2CC(CF)C2)C=CC=CC1. The van der Waals surface area contributed by atoms with Gasteiger partial charge in [-0.3, -0.25) is 4.39 Å². The van der Waals surface area contributed by atoms with E-state index in [1.54, 1.807) is 0 Å². The summed E-state index contributed by atoms with van der Waals surface area (Å²) < 4.78 is 12.2. The number of nitrogens with zero attached hydrogens (tertiary/aromatic N) is 1. The van der Waals surface area contributed by atoms with E-state index < -0.39 is 0 Å². The van der Waals surface area contributed by atoms with Crippen LogP contribution in [-0.2, 0) is 0 Å². The van der Waals surface area contributed by atoms with Crippen LogP contribution in [0.15, 0.2) is 24.3 Å². The van der Waals surface area contributed by atoms with Gasteiger partial charge in [0.25, 0.3) is 0 Å². The number of halogens is 1. The number of allylic oxidation sites excluding steroid dienone is 4. The van der Waals surface area contributed by atoms with Crippen molar-refractivity contribution in [1.82, 2.24) is 4.90 Å². The number of hydrogen-bond donors (Lipinski definition) is 0. The van der Waals surface area contributed by atoms with Gasteiger partial charge in [0.1, 0.15) is 0 Å². The lowest BCUT2D eigenvalue weighted by atomic mass is 9.80. The maximum absolute atomic E-state index is 12.2. The zero-order valence-electron chi connectivity index (χ0n) is 9.45. The van der Waals surface area contributed by atoms with Crippen LogP contribution in [0.25, 0.3) is 0 Å². The lowest BCUT2D eigenvalue weighted by molar-refractivity contribution is 0.0711. The lowest BCUT2D eigenvalue weighted by Crippen LogP contribution is -2.48. The molecule has 0 saturated carbocycles. The van der Waals surface area contributed by atoms with E-state index in [-0.39, 0.29) is 6.67 Å². The van der Waals surface area contributed by atoms with E-state index in [9.17, 15) is 4.39 Å². The molecule has 0 spiro atoms. The summed E-state index contributed by atoms with van der Waals surface area (Å²) in [7, 11) is 0. The summed E-state index contributed by atoms with van der Waals surface area (Å²) in [6.45, 7) is 5.21. The summed E-state index contributed by atoms with van der Waals surface area (Å²) in [4.78, 5) is 2.36. The third-order valence-corrected chi connectivity index (χ3v) is 3.58. The average molecular weight is 209 g/mol. The van der Waals surface area contributed by atoms with Crippen molar-refractivity contribution in [1.29, 1.82) is 0 Å². The summed E-state index contributed by atoms with van der Waals surface area (Å²) in [5.41, 5.74) is 0.329. The van der Waals surface area contributed by atoms with Crippen molar-refractivity contribution in [3.8, 4) is 0 Å². The molecule has 2 aliphatic rings. The van der Waals surface area contributed by atoms with Gasteiger partial charge in [-0.1, -0.05) is 31.2 Å². The van der Waals surface area contributed by atoms with Crippen LogP contribution in [0.5, 0.6) is 0 Å². The Morgan fingerprint density at radius 2 is 2.20 bits per heavy atom. The Labute approximate surface area is 91.7 Å². The van der Waals surface area contributed by atoms with Gasteiger partial charge in [0.15, 0.2) is 0 Å². The Bertz CT molecular complexity index is 266. The quantitative estimate of drug-likeness (QED) is 0.688. The van der Waals surface area contributed by atoms with Crippen LogP contribution in [0, 0.1) is 11.3 Å². The molecule has 84 valence electrons. The fourth-order valence-corrected chi connectivity index (χ4v) is 2.33. The second-order valence-corrected chi connectivity index (χ2v) is 5.18. The molecular formula is C13H20FN. The van der Waals surface area contributed by atoms with Crippen LogP contribution >= 0.6 is 0 Å². The van der Waals surface area contributed by atoms with Gasteiger partial charge in [-0.2, -0.15) is 0 Å². The fourth-order valence-electron chi connectivity index (χ4n) is 2.33. The smallest absolute Gasteiger partial charge is 0.0947 e. The average Bonchev–Trinajstić information content (AvgIpc) is 2.17. The molecule has 1 nitrogen and oxygen atoms in total. The fraction of sp³-hybridized carbons (Fsp3) is 0.692. The molecule has 1 aliphatic heterocycles. The highest BCUT2D eigenvalue weighted by molar-refractivity contribution is 5.15. The van der Waals surface area contributed by atoms with E-state index in [1.165, 1.54) is 6.42 Å². The van der Waals surface area contributed by atoms with E-state index in [0.29, 0.717) is 11.3 Å². The van der Waals surface area contributed by atoms with Gasteiger partial charge in [-0.15, -0.1) is 0 Å². The standard InChI is InChI=1S/C13H20FN/c1-13(5-3-2-4-6-13)7-8-15-10-12(9-14)11-15/h2-5,12H,6-11H2,1H3.